The highest BCUT2D eigenvalue weighted by atomic mass is 32.1. The number of carbonyl (C=O) groups is 3. The van der Waals surface area contributed by atoms with E-state index >= 15 is 0 Å². The van der Waals surface area contributed by atoms with Crippen LogP contribution in [0.2, 0.25) is 0 Å². The van der Waals surface area contributed by atoms with Gasteiger partial charge in [-0.3, -0.25) is 19.3 Å². The van der Waals surface area contributed by atoms with Crippen LogP contribution in [0.1, 0.15) is 24.5 Å². The van der Waals surface area contributed by atoms with Crippen molar-refractivity contribution in [2.45, 2.75) is 25.3 Å². The normalized spacial score (nSPS) is 19.7. The molecule has 1 aliphatic heterocycles. The summed E-state index contributed by atoms with van der Waals surface area (Å²) in [6.07, 6.45) is 0.0916. The molecule has 1 N–H and O–H groups in total. The lowest BCUT2D eigenvalue weighted by Crippen LogP contribution is -2.42. The van der Waals surface area contributed by atoms with Crippen LogP contribution in [0.15, 0.2) is 41.1 Å². The largest absolute Gasteiger partial charge is 0.497 e. The molecule has 7 heteroatoms. The number of hydrogen-bond donors (Lipinski definition) is 1. The summed E-state index contributed by atoms with van der Waals surface area (Å²) in [6, 6.07) is 9.16. The second-order valence-electron chi connectivity index (χ2n) is 6.43. The Kier molecular flexibility index (Phi) is 5.08. The fourth-order valence-corrected chi connectivity index (χ4v) is 3.78. The standard InChI is InChI=1S/C19H20N2O4S/c1-19(14-7-8-26-12-14)9-17(23)21(18(19)24)11-16(22)20-10-13-3-5-15(25-2)6-4-13/h3-8,12H,9-11H2,1-2H3,(H,20,22)/t19-/m1/s1. The van der Waals surface area contributed by atoms with Gasteiger partial charge in [-0.15, -0.1) is 0 Å². The first kappa shape index (κ1) is 18.1. The van der Waals surface area contributed by atoms with Crippen LogP contribution < -0.4 is 10.1 Å². The molecule has 0 radical (unpaired) electrons. The van der Waals surface area contributed by atoms with E-state index in [2.05, 4.69) is 5.32 Å². The average Bonchev–Trinajstić information content (AvgIpc) is 3.25. The van der Waals surface area contributed by atoms with E-state index in [1.165, 1.54) is 11.3 Å². The van der Waals surface area contributed by atoms with Gasteiger partial charge in [0, 0.05) is 13.0 Å². The van der Waals surface area contributed by atoms with Crippen molar-refractivity contribution in [3.63, 3.8) is 0 Å². The van der Waals surface area contributed by atoms with Gasteiger partial charge in [0.25, 0.3) is 0 Å². The summed E-state index contributed by atoms with van der Waals surface area (Å²) in [5.41, 5.74) is 0.844. The van der Waals surface area contributed by atoms with Crippen LogP contribution in [0.5, 0.6) is 5.75 Å². The second kappa shape index (κ2) is 7.29. The van der Waals surface area contributed by atoms with Crippen molar-refractivity contribution in [2.24, 2.45) is 0 Å². The van der Waals surface area contributed by atoms with E-state index in [0.29, 0.717) is 6.54 Å². The third-order valence-electron chi connectivity index (χ3n) is 4.63. The van der Waals surface area contributed by atoms with Gasteiger partial charge < -0.3 is 10.1 Å². The molecular weight excluding hydrogens is 352 g/mol. The van der Waals surface area contributed by atoms with Gasteiger partial charge in [0.15, 0.2) is 0 Å². The first-order valence-electron chi connectivity index (χ1n) is 8.21. The van der Waals surface area contributed by atoms with Crippen LogP contribution in [-0.4, -0.2) is 36.3 Å². The van der Waals surface area contributed by atoms with E-state index in [0.717, 1.165) is 21.8 Å². The fourth-order valence-electron chi connectivity index (χ4n) is 2.99. The third-order valence-corrected chi connectivity index (χ3v) is 5.32. The van der Waals surface area contributed by atoms with Crippen molar-refractivity contribution in [1.29, 1.82) is 0 Å². The van der Waals surface area contributed by atoms with Crippen molar-refractivity contribution in [3.8, 4) is 5.75 Å². The molecule has 6 nitrogen and oxygen atoms in total. The number of rotatable bonds is 6. The molecule has 1 aromatic heterocycles. The summed E-state index contributed by atoms with van der Waals surface area (Å²) < 4.78 is 5.09. The molecule has 3 rings (SSSR count). The van der Waals surface area contributed by atoms with Crippen LogP contribution in [0.3, 0.4) is 0 Å². The lowest BCUT2D eigenvalue weighted by Gasteiger charge is -2.21. The van der Waals surface area contributed by atoms with Gasteiger partial charge in [-0.1, -0.05) is 12.1 Å². The molecule has 1 aliphatic rings. The molecule has 136 valence electrons. The number of hydrogen-bond acceptors (Lipinski definition) is 5. The number of nitrogens with zero attached hydrogens (tertiary/aromatic N) is 1. The van der Waals surface area contributed by atoms with Crippen LogP contribution >= 0.6 is 11.3 Å². The van der Waals surface area contributed by atoms with Crippen LogP contribution in [-0.2, 0) is 26.3 Å². The molecule has 0 saturated carbocycles. The number of amides is 3. The Bertz CT molecular complexity index is 817. The van der Waals surface area contributed by atoms with Crippen molar-refractivity contribution >= 4 is 29.1 Å². The fraction of sp³-hybridized carbons (Fsp3) is 0.316. The number of methoxy groups -OCH3 is 1. The zero-order valence-corrected chi connectivity index (χ0v) is 15.5. The Morgan fingerprint density at radius 3 is 2.62 bits per heavy atom. The van der Waals surface area contributed by atoms with E-state index in [1.807, 2.05) is 29.0 Å². The molecule has 1 saturated heterocycles. The van der Waals surface area contributed by atoms with Crippen molar-refractivity contribution < 1.29 is 19.1 Å². The first-order chi connectivity index (χ1) is 12.4. The van der Waals surface area contributed by atoms with Gasteiger partial charge in [-0.25, -0.2) is 0 Å². The number of likely N-dealkylation sites (tertiary alicyclic amines) is 1. The smallest absolute Gasteiger partial charge is 0.240 e. The maximum absolute atomic E-state index is 12.7. The Hall–Kier alpha value is -2.67. The quantitative estimate of drug-likeness (QED) is 0.788. The topological polar surface area (TPSA) is 75.7 Å². The molecule has 0 spiro atoms. The molecule has 0 bridgehead atoms. The van der Waals surface area contributed by atoms with Gasteiger partial charge >= 0.3 is 0 Å². The average molecular weight is 372 g/mol. The summed E-state index contributed by atoms with van der Waals surface area (Å²) in [4.78, 5) is 38.3. The molecule has 1 atom stereocenters. The van der Waals surface area contributed by atoms with Gasteiger partial charge in [0.1, 0.15) is 12.3 Å². The molecule has 0 aliphatic carbocycles. The van der Waals surface area contributed by atoms with E-state index in [9.17, 15) is 14.4 Å². The maximum Gasteiger partial charge on any atom is 0.240 e. The molecule has 2 heterocycles. The Balaban J connectivity index is 1.60. The number of carbonyl (C=O) groups excluding carboxylic acids is 3. The lowest BCUT2D eigenvalue weighted by atomic mass is 9.83. The molecule has 0 unspecified atom stereocenters. The monoisotopic (exact) mass is 372 g/mol. The lowest BCUT2D eigenvalue weighted by molar-refractivity contribution is -0.143. The number of nitrogens with one attached hydrogen (secondary N) is 1. The summed E-state index contributed by atoms with van der Waals surface area (Å²) in [5.74, 6) is -0.262. The molecule has 3 amide bonds. The van der Waals surface area contributed by atoms with E-state index in [4.69, 9.17) is 4.74 Å². The Morgan fingerprint density at radius 2 is 2.00 bits per heavy atom. The first-order valence-corrected chi connectivity index (χ1v) is 9.15. The van der Waals surface area contributed by atoms with E-state index in [1.54, 1.807) is 26.2 Å². The number of benzene rings is 1. The van der Waals surface area contributed by atoms with Gasteiger partial charge in [-0.2, -0.15) is 11.3 Å². The number of thiophene rings is 1. The number of imide groups is 1. The zero-order valence-electron chi connectivity index (χ0n) is 14.7. The van der Waals surface area contributed by atoms with Crippen molar-refractivity contribution in [2.75, 3.05) is 13.7 Å². The molecule has 1 fully saturated rings. The highest BCUT2D eigenvalue weighted by Crippen LogP contribution is 2.37. The third kappa shape index (κ3) is 3.48. The summed E-state index contributed by atoms with van der Waals surface area (Å²) in [7, 11) is 1.59. The van der Waals surface area contributed by atoms with Gasteiger partial charge in [0.2, 0.25) is 17.7 Å². The predicted molar refractivity (Wildman–Crippen MR) is 97.8 cm³/mol. The summed E-state index contributed by atoms with van der Waals surface area (Å²) in [6.45, 7) is 1.82. The van der Waals surface area contributed by atoms with E-state index < -0.39 is 5.41 Å². The van der Waals surface area contributed by atoms with Crippen LogP contribution in [0.4, 0.5) is 0 Å². The minimum absolute atomic E-state index is 0.0916. The SMILES string of the molecule is COc1ccc(CNC(=O)CN2C(=O)C[C@](C)(c3ccsc3)C2=O)cc1. The molecule has 1 aromatic carbocycles. The summed E-state index contributed by atoms with van der Waals surface area (Å²) >= 11 is 1.48. The molecule has 2 aromatic rings. The molecule has 26 heavy (non-hydrogen) atoms. The number of ether oxygens (including phenoxy) is 1. The second-order valence-corrected chi connectivity index (χ2v) is 7.21. The summed E-state index contributed by atoms with van der Waals surface area (Å²) in [5, 5.41) is 6.49. The zero-order chi connectivity index (χ0) is 18.7. The highest BCUT2D eigenvalue weighted by molar-refractivity contribution is 7.08. The predicted octanol–water partition coefficient (Wildman–Crippen LogP) is 2.09. The minimum atomic E-state index is -0.882. The van der Waals surface area contributed by atoms with Crippen molar-refractivity contribution in [3.05, 3.63) is 52.2 Å². The van der Waals surface area contributed by atoms with E-state index in [-0.39, 0.29) is 30.7 Å². The Morgan fingerprint density at radius 1 is 1.27 bits per heavy atom. The van der Waals surface area contributed by atoms with Crippen molar-refractivity contribution in [1.82, 2.24) is 10.2 Å². The van der Waals surface area contributed by atoms with Gasteiger partial charge in [-0.05, 0) is 47.0 Å². The Labute approximate surface area is 155 Å². The van der Waals surface area contributed by atoms with Gasteiger partial charge in [0.05, 0.1) is 12.5 Å². The molecular formula is C19H20N2O4S. The highest BCUT2D eigenvalue weighted by Gasteiger charge is 2.49. The maximum atomic E-state index is 12.7. The van der Waals surface area contributed by atoms with Crippen LogP contribution in [0.25, 0.3) is 0 Å². The van der Waals surface area contributed by atoms with Crippen LogP contribution in [0, 0.1) is 0 Å². The minimum Gasteiger partial charge on any atom is -0.497 e.